The molecule has 4 heteroatoms. The van der Waals surface area contributed by atoms with E-state index in [4.69, 9.17) is 5.73 Å². The molecular weight excluding hydrogens is 278 g/mol. The molecule has 0 aliphatic heterocycles. The van der Waals surface area contributed by atoms with Gasteiger partial charge in [0.15, 0.2) is 0 Å². The quantitative estimate of drug-likeness (QED) is 0.733. The predicted molar refractivity (Wildman–Crippen MR) is 85.8 cm³/mol. The molecule has 22 heavy (non-hydrogen) atoms. The van der Waals surface area contributed by atoms with E-state index in [1.54, 1.807) is 36.4 Å². The van der Waals surface area contributed by atoms with Crippen LogP contribution in [0.2, 0.25) is 0 Å². The first-order chi connectivity index (χ1) is 10.5. The van der Waals surface area contributed by atoms with Crippen LogP contribution in [0, 0.1) is 0 Å². The van der Waals surface area contributed by atoms with Gasteiger partial charge in [-0.1, -0.05) is 24.3 Å². The summed E-state index contributed by atoms with van der Waals surface area (Å²) in [7, 11) is 0. The van der Waals surface area contributed by atoms with Crippen molar-refractivity contribution >= 4 is 5.78 Å². The van der Waals surface area contributed by atoms with Crippen LogP contribution in [0.4, 0.5) is 0 Å². The smallest absolute Gasteiger partial charge is 0.149 e. The van der Waals surface area contributed by atoms with Crippen molar-refractivity contribution in [1.82, 2.24) is 0 Å². The molecule has 0 fully saturated rings. The van der Waals surface area contributed by atoms with Gasteiger partial charge < -0.3 is 15.9 Å². The van der Waals surface area contributed by atoms with Gasteiger partial charge >= 0.3 is 0 Å². The van der Waals surface area contributed by atoms with Crippen molar-refractivity contribution in [3.63, 3.8) is 0 Å². The largest absolute Gasteiger partial charge is 0.508 e. The molecule has 0 heterocycles. The monoisotopic (exact) mass is 299 g/mol. The predicted octanol–water partition coefficient (Wildman–Crippen LogP) is 2.56. The number of Topliss-reactive ketones (excluding diaryl/α,β-unsaturated/α-hetero) is 1. The normalized spacial score (nSPS) is 12.0. The first-order valence-electron chi connectivity index (χ1n) is 7.38. The van der Waals surface area contributed by atoms with Crippen molar-refractivity contribution in [3.05, 3.63) is 59.7 Å². The molecule has 2 aromatic carbocycles. The Hall–Kier alpha value is -2.33. The van der Waals surface area contributed by atoms with Crippen molar-refractivity contribution in [2.24, 2.45) is 5.73 Å². The molecule has 4 nitrogen and oxygen atoms in total. The lowest BCUT2D eigenvalue weighted by Gasteiger charge is -2.11. The second kappa shape index (κ2) is 7.61. The summed E-state index contributed by atoms with van der Waals surface area (Å²) < 4.78 is 0. The summed E-state index contributed by atoms with van der Waals surface area (Å²) in [6, 6.07) is 13.2. The molecule has 0 aliphatic rings. The third kappa shape index (κ3) is 4.90. The number of aromatic hydroxyl groups is 2. The standard InChI is InChI=1S/C18H21NO3/c19-17(12-14-6-10-16(21)11-7-14)18(22)3-1-2-13-4-8-15(20)9-5-13/h4-11,17,20-21H,1-3,12,19H2/t17-/m0/s1. The zero-order valence-corrected chi connectivity index (χ0v) is 12.4. The van der Waals surface area contributed by atoms with Crippen LogP contribution < -0.4 is 5.73 Å². The average molecular weight is 299 g/mol. The Labute approximate surface area is 130 Å². The molecule has 0 saturated carbocycles. The van der Waals surface area contributed by atoms with Crippen molar-refractivity contribution in [1.29, 1.82) is 0 Å². The maximum absolute atomic E-state index is 12.0. The highest BCUT2D eigenvalue weighted by molar-refractivity contribution is 5.84. The fraction of sp³-hybridized carbons (Fsp3) is 0.278. The molecular formula is C18H21NO3. The highest BCUT2D eigenvalue weighted by atomic mass is 16.3. The van der Waals surface area contributed by atoms with Crippen molar-refractivity contribution < 1.29 is 15.0 Å². The van der Waals surface area contributed by atoms with E-state index in [2.05, 4.69) is 0 Å². The van der Waals surface area contributed by atoms with Gasteiger partial charge in [-0.05, 0) is 54.7 Å². The van der Waals surface area contributed by atoms with E-state index < -0.39 is 6.04 Å². The Morgan fingerprint density at radius 2 is 1.41 bits per heavy atom. The zero-order chi connectivity index (χ0) is 15.9. The summed E-state index contributed by atoms with van der Waals surface area (Å²) in [6.07, 6.45) is 2.46. The number of phenols is 2. The highest BCUT2D eigenvalue weighted by Gasteiger charge is 2.13. The van der Waals surface area contributed by atoms with Crippen LogP contribution in [0.5, 0.6) is 11.5 Å². The van der Waals surface area contributed by atoms with Gasteiger partial charge in [-0.2, -0.15) is 0 Å². The number of phenolic OH excluding ortho intramolecular Hbond substituents is 2. The number of rotatable bonds is 7. The maximum Gasteiger partial charge on any atom is 0.149 e. The van der Waals surface area contributed by atoms with Crippen LogP contribution >= 0.6 is 0 Å². The molecule has 0 saturated heterocycles. The lowest BCUT2D eigenvalue weighted by atomic mass is 9.98. The van der Waals surface area contributed by atoms with Gasteiger partial charge in [0.1, 0.15) is 17.3 Å². The topological polar surface area (TPSA) is 83.5 Å². The van der Waals surface area contributed by atoms with Gasteiger partial charge in [0.2, 0.25) is 0 Å². The Kier molecular flexibility index (Phi) is 5.55. The molecule has 2 rings (SSSR count). The molecule has 0 spiro atoms. The summed E-state index contributed by atoms with van der Waals surface area (Å²) in [5.74, 6) is 0.500. The van der Waals surface area contributed by atoms with E-state index in [0.29, 0.717) is 12.8 Å². The van der Waals surface area contributed by atoms with Crippen LogP contribution in [0.3, 0.4) is 0 Å². The molecule has 0 bridgehead atoms. The number of carbonyl (C=O) groups is 1. The van der Waals surface area contributed by atoms with Gasteiger partial charge in [0.25, 0.3) is 0 Å². The number of nitrogens with two attached hydrogens (primary N) is 1. The molecule has 4 N–H and O–H groups in total. The molecule has 116 valence electrons. The van der Waals surface area contributed by atoms with Gasteiger partial charge in [-0.25, -0.2) is 0 Å². The molecule has 0 unspecified atom stereocenters. The second-order valence-electron chi connectivity index (χ2n) is 5.46. The fourth-order valence-electron chi connectivity index (χ4n) is 2.31. The third-order valence-electron chi connectivity index (χ3n) is 3.63. The summed E-state index contributed by atoms with van der Waals surface area (Å²) in [5.41, 5.74) is 7.98. The van der Waals surface area contributed by atoms with E-state index in [9.17, 15) is 15.0 Å². The lowest BCUT2D eigenvalue weighted by molar-refractivity contribution is -0.120. The van der Waals surface area contributed by atoms with Crippen LogP contribution in [0.25, 0.3) is 0 Å². The number of aryl methyl sites for hydroxylation is 1. The SMILES string of the molecule is N[C@@H](Cc1ccc(O)cc1)C(=O)CCCc1ccc(O)cc1. The van der Waals surface area contributed by atoms with Crippen LogP contribution in [0.15, 0.2) is 48.5 Å². The summed E-state index contributed by atoms with van der Waals surface area (Å²) in [5, 5.41) is 18.4. The summed E-state index contributed by atoms with van der Waals surface area (Å²) >= 11 is 0. The Bertz CT molecular complexity index is 605. The number of hydrogen-bond acceptors (Lipinski definition) is 4. The van der Waals surface area contributed by atoms with Crippen molar-refractivity contribution in [3.8, 4) is 11.5 Å². The first-order valence-corrected chi connectivity index (χ1v) is 7.38. The first kappa shape index (κ1) is 16.0. The number of benzene rings is 2. The molecule has 0 aliphatic carbocycles. The van der Waals surface area contributed by atoms with E-state index in [0.717, 1.165) is 24.0 Å². The molecule has 0 aromatic heterocycles. The molecule has 1 atom stereocenters. The second-order valence-corrected chi connectivity index (χ2v) is 5.46. The highest BCUT2D eigenvalue weighted by Crippen LogP contribution is 2.14. The average Bonchev–Trinajstić information content (AvgIpc) is 2.51. The van der Waals surface area contributed by atoms with E-state index in [1.165, 1.54) is 0 Å². The van der Waals surface area contributed by atoms with Crippen LogP contribution in [0.1, 0.15) is 24.0 Å². The van der Waals surface area contributed by atoms with E-state index >= 15 is 0 Å². The zero-order valence-electron chi connectivity index (χ0n) is 12.4. The van der Waals surface area contributed by atoms with Crippen molar-refractivity contribution in [2.75, 3.05) is 0 Å². The molecule has 2 aromatic rings. The summed E-state index contributed by atoms with van der Waals surface area (Å²) in [4.78, 5) is 12.0. The minimum absolute atomic E-state index is 0.0480. The molecule has 0 radical (unpaired) electrons. The maximum atomic E-state index is 12.0. The fourth-order valence-corrected chi connectivity index (χ4v) is 2.31. The number of ketones is 1. The Morgan fingerprint density at radius 1 is 0.909 bits per heavy atom. The van der Waals surface area contributed by atoms with Gasteiger partial charge in [-0.3, -0.25) is 4.79 Å². The number of hydrogen-bond donors (Lipinski definition) is 3. The van der Waals surface area contributed by atoms with E-state index in [1.807, 2.05) is 12.1 Å². The minimum atomic E-state index is -0.510. The van der Waals surface area contributed by atoms with Gasteiger partial charge in [0, 0.05) is 6.42 Å². The minimum Gasteiger partial charge on any atom is -0.508 e. The summed E-state index contributed by atoms with van der Waals surface area (Å²) in [6.45, 7) is 0. The van der Waals surface area contributed by atoms with Crippen LogP contribution in [-0.4, -0.2) is 22.0 Å². The Morgan fingerprint density at radius 3 is 1.95 bits per heavy atom. The Balaban J connectivity index is 1.76. The lowest BCUT2D eigenvalue weighted by Crippen LogP contribution is -2.32. The van der Waals surface area contributed by atoms with Gasteiger partial charge in [-0.15, -0.1) is 0 Å². The van der Waals surface area contributed by atoms with E-state index in [-0.39, 0.29) is 17.3 Å². The number of carbonyl (C=O) groups excluding carboxylic acids is 1. The van der Waals surface area contributed by atoms with Crippen LogP contribution in [-0.2, 0) is 17.6 Å². The third-order valence-corrected chi connectivity index (χ3v) is 3.63. The van der Waals surface area contributed by atoms with Crippen molar-refractivity contribution in [2.45, 2.75) is 31.7 Å². The molecule has 0 amide bonds. The van der Waals surface area contributed by atoms with Gasteiger partial charge in [0.05, 0.1) is 6.04 Å².